The quantitative estimate of drug-likeness (QED) is 0.357. The van der Waals surface area contributed by atoms with E-state index in [1.165, 1.54) is 0 Å². The number of allylic oxidation sites excluding steroid dienone is 1. The molecule has 0 saturated carbocycles. The number of imidazole rings is 1. The van der Waals surface area contributed by atoms with Gasteiger partial charge in [-0.15, -0.1) is 0 Å². The summed E-state index contributed by atoms with van der Waals surface area (Å²) >= 11 is 12.6. The van der Waals surface area contributed by atoms with Gasteiger partial charge in [0.1, 0.15) is 16.7 Å². The number of nitrogens with one attached hydrogen (secondary N) is 4. The Morgan fingerprint density at radius 3 is 2.82 bits per heavy atom. The fraction of sp³-hybridized carbons (Fsp3) is 0.240. The van der Waals surface area contributed by atoms with E-state index in [2.05, 4.69) is 20.9 Å². The average molecular weight is 498 g/mol. The number of halogens is 2. The molecule has 176 valence electrons. The van der Waals surface area contributed by atoms with Crippen LogP contribution in [0.1, 0.15) is 36.7 Å². The minimum atomic E-state index is -0.418. The molecule has 34 heavy (non-hydrogen) atoms. The zero-order chi connectivity index (χ0) is 24.1. The summed E-state index contributed by atoms with van der Waals surface area (Å²) in [6.45, 7) is 0. The van der Waals surface area contributed by atoms with Crippen molar-refractivity contribution in [2.45, 2.75) is 31.7 Å². The molecular weight excluding hydrogens is 473 g/mol. The minimum Gasteiger partial charge on any atom is -0.388 e. The molecular formula is C25H25Cl2N5O2. The number of nitrogens with zero attached hydrogens (tertiary/aromatic N) is 1. The second-order valence-electron chi connectivity index (χ2n) is 8.02. The van der Waals surface area contributed by atoms with Crippen molar-refractivity contribution in [1.29, 1.82) is 0 Å². The SMILES string of the molecule is CNc1ccc2c(c1)NC(=O)CC/C=C/C[C@H](NC(=O)Cc1cccc(Cl)c1)c1nc-2c(Cl)[nH]1. The van der Waals surface area contributed by atoms with E-state index in [0.29, 0.717) is 52.2 Å². The lowest BCUT2D eigenvalue weighted by atomic mass is 10.1. The van der Waals surface area contributed by atoms with Crippen LogP contribution in [0.2, 0.25) is 10.2 Å². The number of fused-ring (bicyclic) bond motifs is 4. The van der Waals surface area contributed by atoms with E-state index in [9.17, 15) is 9.59 Å². The van der Waals surface area contributed by atoms with Crippen molar-refractivity contribution < 1.29 is 9.59 Å². The van der Waals surface area contributed by atoms with Gasteiger partial charge >= 0.3 is 0 Å². The summed E-state index contributed by atoms with van der Waals surface area (Å²) in [5, 5.41) is 10.0. The number of carbonyl (C=O) groups excluding carboxylic acids is 2. The summed E-state index contributed by atoms with van der Waals surface area (Å²) in [5.41, 5.74) is 3.48. The molecule has 4 N–H and O–H groups in total. The first-order chi connectivity index (χ1) is 16.4. The van der Waals surface area contributed by atoms with E-state index in [1.807, 2.05) is 49.5 Å². The van der Waals surface area contributed by atoms with Crippen LogP contribution in [0, 0.1) is 0 Å². The Labute approximate surface area is 208 Å². The summed E-state index contributed by atoms with van der Waals surface area (Å²) < 4.78 is 0. The highest BCUT2D eigenvalue weighted by Crippen LogP contribution is 2.35. The number of aromatic nitrogens is 2. The molecule has 2 amide bonds. The lowest BCUT2D eigenvalue weighted by molar-refractivity contribution is -0.121. The van der Waals surface area contributed by atoms with Gasteiger partial charge in [0, 0.05) is 29.7 Å². The number of benzene rings is 2. The number of rotatable bonds is 4. The van der Waals surface area contributed by atoms with Crippen LogP contribution in [0.3, 0.4) is 0 Å². The zero-order valence-electron chi connectivity index (χ0n) is 18.6. The molecule has 7 nitrogen and oxygen atoms in total. The van der Waals surface area contributed by atoms with Gasteiger partial charge in [-0.2, -0.15) is 0 Å². The van der Waals surface area contributed by atoms with Crippen molar-refractivity contribution in [3.63, 3.8) is 0 Å². The maximum absolute atomic E-state index is 12.8. The van der Waals surface area contributed by atoms with Crippen LogP contribution < -0.4 is 16.0 Å². The van der Waals surface area contributed by atoms with Gasteiger partial charge in [0.15, 0.2) is 0 Å². The molecule has 0 radical (unpaired) electrons. The molecule has 1 aromatic heterocycles. The maximum Gasteiger partial charge on any atom is 0.225 e. The highest BCUT2D eigenvalue weighted by molar-refractivity contribution is 6.32. The zero-order valence-corrected chi connectivity index (χ0v) is 20.1. The Balaban J connectivity index is 1.66. The third kappa shape index (κ3) is 5.79. The molecule has 0 fully saturated rings. The van der Waals surface area contributed by atoms with Gasteiger partial charge in [-0.3, -0.25) is 9.59 Å². The first kappa shape index (κ1) is 23.9. The van der Waals surface area contributed by atoms with Gasteiger partial charge in [-0.1, -0.05) is 47.5 Å². The molecule has 1 aliphatic rings. The predicted molar refractivity (Wildman–Crippen MR) is 136 cm³/mol. The number of amides is 2. The van der Waals surface area contributed by atoms with Crippen LogP contribution in [-0.2, 0) is 16.0 Å². The van der Waals surface area contributed by atoms with Crippen molar-refractivity contribution in [2.24, 2.45) is 0 Å². The second-order valence-corrected chi connectivity index (χ2v) is 8.83. The third-order valence-electron chi connectivity index (χ3n) is 5.51. The maximum atomic E-state index is 12.8. The van der Waals surface area contributed by atoms with Crippen molar-refractivity contribution in [3.05, 3.63) is 76.2 Å². The van der Waals surface area contributed by atoms with Crippen molar-refractivity contribution in [1.82, 2.24) is 15.3 Å². The van der Waals surface area contributed by atoms with Crippen LogP contribution in [0.4, 0.5) is 11.4 Å². The van der Waals surface area contributed by atoms with Gasteiger partial charge in [0.25, 0.3) is 0 Å². The van der Waals surface area contributed by atoms with Crippen molar-refractivity contribution in [3.8, 4) is 11.3 Å². The minimum absolute atomic E-state index is 0.100. The van der Waals surface area contributed by atoms with E-state index >= 15 is 0 Å². The summed E-state index contributed by atoms with van der Waals surface area (Å²) in [5.74, 6) is 0.282. The van der Waals surface area contributed by atoms with E-state index < -0.39 is 6.04 Å². The number of hydrogen-bond acceptors (Lipinski definition) is 4. The van der Waals surface area contributed by atoms with Gasteiger partial charge in [-0.25, -0.2) is 4.98 Å². The molecule has 1 aliphatic heterocycles. The number of carbonyl (C=O) groups is 2. The van der Waals surface area contributed by atoms with E-state index in [4.69, 9.17) is 28.2 Å². The Morgan fingerprint density at radius 1 is 1.18 bits per heavy atom. The monoisotopic (exact) mass is 497 g/mol. The average Bonchev–Trinajstić information content (AvgIpc) is 3.19. The molecule has 0 saturated heterocycles. The lowest BCUT2D eigenvalue weighted by Crippen LogP contribution is -2.30. The van der Waals surface area contributed by atoms with Crippen molar-refractivity contribution in [2.75, 3.05) is 17.7 Å². The molecule has 0 aliphatic carbocycles. The Hall–Kier alpha value is -3.29. The second kappa shape index (κ2) is 10.8. The number of hydrogen-bond donors (Lipinski definition) is 4. The molecule has 0 spiro atoms. The number of aromatic amines is 1. The van der Waals surface area contributed by atoms with Crippen LogP contribution in [0.25, 0.3) is 11.3 Å². The smallest absolute Gasteiger partial charge is 0.225 e. The number of H-pyrrole nitrogens is 1. The Kier molecular flexibility index (Phi) is 7.55. The summed E-state index contributed by atoms with van der Waals surface area (Å²) in [6, 6.07) is 12.4. The summed E-state index contributed by atoms with van der Waals surface area (Å²) in [6.07, 6.45) is 5.49. The largest absolute Gasteiger partial charge is 0.388 e. The molecule has 2 bridgehead atoms. The van der Waals surface area contributed by atoms with Gasteiger partial charge in [0.2, 0.25) is 11.8 Å². The molecule has 9 heteroatoms. The fourth-order valence-electron chi connectivity index (χ4n) is 3.82. The third-order valence-corrected chi connectivity index (χ3v) is 6.02. The predicted octanol–water partition coefficient (Wildman–Crippen LogP) is 5.50. The van der Waals surface area contributed by atoms with E-state index in [0.717, 1.165) is 11.3 Å². The molecule has 0 unspecified atom stereocenters. The molecule has 2 heterocycles. The summed E-state index contributed by atoms with van der Waals surface area (Å²) in [7, 11) is 1.81. The normalized spacial score (nSPS) is 16.8. The van der Waals surface area contributed by atoms with E-state index in [1.54, 1.807) is 12.1 Å². The van der Waals surface area contributed by atoms with E-state index in [-0.39, 0.29) is 18.2 Å². The molecule has 1 atom stereocenters. The van der Waals surface area contributed by atoms with Crippen LogP contribution in [0.5, 0.6) is 0 Å². The van der Waals surface area contributed by atoms with Crippen LogP contribution in [0.15, 0.2) is 54.6 Å². The van der Waals surface area contributed by atoms with Crippen molar-refractivity contribution >= 4 is 46.4 Å². The highest BCUT2D eigenvalue weighted by atomic mass is 35.5. The molecule has 3 aromatic rings. The van der Waals surface area contributed by atoms with Gasteiger partial charge in [-0.05, 0) is 48.7 Å². The fourth-order valence-corrected chi connectivity index (χ4v) is 4.27. The number of anilines is 2. The van der Waals surface area contributed by atoms with Crippen LogP contribution in [-0.4, -0.2) is 28.8 Å². The first-order valence-electron chi connectivity index (χ1n) is 11.0. The Morgan fingerprint density at radius 2 is 2.03 bits per heavy atom. The first-order valence-corrected chi connectivity index (χ1v) is 11.7. The van der Waals surface area contributed by atoms with Crippen LogP contribution >= 0.6 is 23.2 Å². The Bertz CT molecular complexity index is 1240. The van der Waals surface area contributed by atoms with Gasteiger partial charge in [0.05, 0.1) is 18.2 Å². The lowest BCUT2D eigenvalue weighted by Gasteiger charge is -2.15. The highest BCUT2D eigenvalue weighted by Gasteiger charge is 2.22. The molecule has 4 rings (SSSR count). The summed E-state index contributed by atoms with van der Waals surface area (Å²) in [4.78, 5) is 33.2. The van der Waals surface area contributed by atoms with Gasteiger partial charge < -0.3 is 20.9 Å². The molecule has 2 aromatic carbocycles. The standard InChI is InChI=1S/C25H25Cl2N5O2/c1-28-17-10-11-18-20(14-17)30-21(33)9-4-2-3-8-19(25-31-23(18)24(27)32-25)29-22(34)13-15-6-5-7-16(26)12-15/h2-3,5-7,10-12,14,19,28H,4,8-9,13H2,1H3,(H,29,34)(H,30,33)(H,31,32)/b3-2+/t19-/m0/s1. The topological polar surface area (TPSA) is 98.9 Å².